The van der Waals surface area contributed by atoms with Gasteiger partial charge in [-0.15, -0.1) is 0 Å². The Morgan fingerprint density at radius 1 is 1.23 bits per heavy atom. The number of rotatable bonds is 7. The van der Waals surface area contributed by atoms with Crippen LogP contribution in [0.3, 0.4) is 0 Å². The number of hydrogen-bond donors (Lipinski definition) is 2. The van der Waals surface area contributed by atoms with Crippen LogP contribution < -0.4 is 4.74 Å². The molecule has 3 aromatic rings. The zero-order valence-corrected chi connectivity index (χ0v) is 17.4. The van der Waals surface area contributed by atoms with Crippen molar-refractivity contribution >= 4 is 17.5 Å². The van der Waals surface area contributed by atoms with E-state index in [0.29, 0.717) is 41.9 Å². The number of nitrogens with one attached hydrogen (secondary N) is 1. The minimum absolute atomic E-state index is 0.0544. The van der Waals surface area contributed by atoms with Crippen molar-refractivity contribution in [1.82, 2.24) is 15.1 Å². The predicted molar refractivity (Wildman–Crippen MR) is 113 cm³/mol. The third-order valence-electron chi connectivity index (χ3n) is 5.12. The van der Waals surface area contributed by atoms with Crippen LogP contribution in [0.2, 0.25) is 5.02 Å². The highest BCUT2D eigenvalue weighted by Crippen LogP contribution is 2.44. The number of benzene rings is 2. The van der Waals surface area contributed by atoms with E-state index in [1.54, 1.807) is 42.3 Å². The molecule has 2 heterocycles. The van der Waals surface area contributed by atoms with Gasteiger partial charge in [-0.3, -0.25) is 9.89 Å². The van der Waals surface area contributed by atoms with Gasteiger partial charge < -0.3 is 19.5 Å². The number of carbonyl (C=O) groups excluding carboxylic acids is 1. The topological polar surface area (TPSA) is 87.7 Å². The molecule has 0 aliphatic carbocycles. The highest BCUT2D eigenvalue weighted by molar-refractivity contribution is 6.30. The molecule has 0 radical (unpaired) electrons. The molecule has 1 unspecified atom stereocenters. The standard InChI is InChI=1S/C22H22ClN3O4/c1-3-30-17-12-14(6-9-16(17)27)21-18-19(13-4-7-15(23)8-5-13)24-25-20(18)22(28)26(21)10-11-29-2/h4-9,12,21,27H,3,10-11H2,1-2H3,(H,24,25). The molecule has 156 valence electrons. The van der Waals surface area contributed by atoms with Gasteiger partial charge in [0.25, 0.3) is 5.91 Å². The van der Waals surface area contributed by atoms with Crippen molar-refractivity contribution < 1.29 is 19.4 Å². The van der Waals surface area contributed by atoms with E-state index in [0.717, 1.165) is 16.7 Å². The van der Waals surface area contributed by atoms with Crippen molar-refractivity contribution in [1.29, 1.82) is 0 Å². The van der Waals surface area contributed by atoms with Crippen LogP contribution in [0.4, 0.5) is 0 Å². The largest absolute Gasteiger partial charge is 0.504 e. The molecule has 1 aliphatic heterocycles. The van der Waals surface area contributed by atoms with Crippen molar-refractivity contribution in [2.45, 2.75) is 13.0 Å². The number of phenols is 1. The lowest BCUT2D eigenvalue weighted by molar-refractivity contribution is 0.0677. The van der Waals surface area contributed by atoms with Crippen LogP contribution in [0, 0.1) is 0 Å². The summed E-state index contributed by atoms with van der Waals surface area (Å²) in [5.74, 6) is 0.281. The van der Waals surface area contributed by atoms with Gasteiger partial charge in [-0.25, -0.2) is 0 Å². The number of aromatic nitrogens is 2. The monoisotopic (exact) mass is 427 g/mol. The molecule has 2 N–H and O–H groups in total. The highest BCUT2D eigenvalue weighted by atomic mass is 35.5. The summed E-state index contributed by atoms with van der Waals surface area (Å²) >= 11 is 6.04. The second kappa shape index (κ2) is 8.38. The molecule has 1 aliphatic rings. The second-order valence-electron chi connectivity index (χ2n) is 6.92. The first-order valence-electron chi connectivity index (χ1n) is 9.65. The lowest BCUT2D eigenvalue weighted by Crippen LogP contribution is -2.32. The maximum absolute atomic E-state index is 13.2. The maximum Gasteiger partial charge on any atom is 0.273 e. The number of H-pyrrole nitrogens is 1. The van der Waals surface area contributed by atoms with E-state index < -0.39 is 6.04 Å². The summed E-state index contributed by atoms with van der Waals surface area (Å²) in [4.78, 5) is 14.9. The number of aromatic hydroxyl groups is 1. The molecular formula is C22H22ClN3O4. The molecule has 0 saturated heterocycles. The fourth-order valence-corrected chi connectivity index (χ4v) is 3.89. The van der Waals surface area contributed by atoms with Crippen molar-refractivity contribution in [3.05, 3.63) is 64.3 Å². The maximum atomic E-state index is 13.2. The van der Waals surface area contributed by atoms with Gasteiger partial charge >= 0.3 is 0 Å². The van der Waals surface area contributed by atoms with Crippen LogP contribution in [0.1, 0.15) is 34.6 Å². The fraction of sp³-hybridized carbons (Fsp3) is 0.273. The number of halogens is 1. The lowest BCUT2D eigenvalue weighted by atomic mass is 9.96. The minimum Gasteiger partial charge on any atom is -0.504 e. The summed E-state index contributed by atoms with van der Waals surface area (Å²) in [5, 5.41) is 18.1. The molecule has 2 aromatic carbocycles. The Balaban J connectivity index is 1.85. The van der Waals surface area contributed by atoms with Crippen LogP contribution in [-0.4, -0.2) is 53.0 Å². The average molecular weight is 428 g/mol. The van der Waals surface area contributed by atoms with Crippen LogP contribution >= 0.6 is 11.6 Å². The Bertz CT molecular complexity index is 1060. The molecule has 7 nitrogen and oxygen atoms in total. The number of nitrogens with zero attached hydrogens (tertiary/aromatic N) is 2. The smallest absolute Gasteiger partial charge is 0.273 e. The first-order chi connectivity index (χ1) is 14.5. The molecule has 1 aromatic heterocycles. The van der Waals surface area contributed by atoms with Crippen LogP contribution in [0.15, 0.2) is 42.5 Å². The van der Waals surface area contributed by atoms with E-state index in [4.69, 9.17) is 21.1 Å². The number of amides is 1. The van der Waals surface area contributed by atoms with E-state index in [9.17, 15) is 9.90 Å². The molecule has 30 heavy (non-hydrogen) atoms. The number of carbonyl (C=O) groups is 1. The summed E-state index contributed by atoms with van der Waals surface area (Å²) < 4.78 is 10.8. The van der Waals surface area contributed by atoms with Crippen LogP contribution in [-0.2, 0) is 4.74 Å². The molecule has 0 saturated carbocycles. The molecule has 4 rings (SSSR count). The molecule has 0 bridgehead atoms. The Morgan fingerprint density at radius 2 is 2.00 bits per heavy atom. The summed E-state index contributed by atoms with van der Waals surface area (Å²) in [6.45, 7) is 3.07. The van der Waals surface area contributed by atoms with E-state index in [1.807, 2.05) is 19.1 Å². The Hall–Kier alpha value is -3.03. The highest BCUT2D eigenvalue weighted by Gasteiger charge is 2.42. The summed E-state index contributed by atoms with van der Waals surface area (Å²) in [7, 11) is 1.60. The van der Waals surface area contributed by atoms with E-state index >= 15 is 0 Å². The normalized spacial score (nSPS) is 15.5. The molecule has 0 spiro atoms. The number of methoxy groups -OCH3 is 1. The van der Waals surface area contributed by atoms with Crippen molar-refractivity contribution in [3.63, 3.8) is 0 Å². The molecule has 0 fully saturated rings. The second-order valence-corrected chi connectivity index (χ2v) is 7.36. The number of hydrogen-bond acceptors (Lipinski definition) is 5. The van der Waals surface area contributed by atoms with Gasteiger partial charge in [0.15, 0.2) is 11.5 Å². The third kappa shape index (κ3) is 3.51. The summed E-state index contributed by atoms with van der Waals surface area (Å²) in [5.41, 5.74) is 3.59. The zero-order valence-electron chi connectivity index (χ0n) is 16.7. The van der Waals surface area contributed by atoms with E-state index in [2.05, 4.69) is 10.2 Å². The summed E-state index contributed by atoms with van der Waals surface area (Å²) in [6, 6.07) is 12.1. The zero-order chi connectivity index (χ0) is 21.3. The SMILES string of the molecule is CCOc1cc(C2c3c(-c4ccc(Cl)cc4)n[nH]c3C(=O)N2CCOC)ccc1O. The number of ether oxygens (including phenoxy) is 2. The number of fused-ring (bicyclic) bond motifs is 1. The van der Waals surface area contributed by atoms with E-state index in [1.165, 1.54) is 0 Å². The van der Waals surface area contributed by atoms with Gasteiger partial charge in [0.1, 0.15) is 5.69 Å². The summed E-state index contributed by atoms with van der Waals surface area (Å²) in [6.07, 6.45) is 0. The molecule has 8 heteroatoms. The average Bonchev–Trinajstić information content (AvgIpc) is 3.28. The van der Waals surface area contributed by atoms with Crippen molar-refractivity contribution in [2.24, 2.45) is 0 Å². The first kappa shape index (κ1) is 20.3. The lowest BCUT2D eigenvalue weighted by Gasteiger charge is -2.26. The quantitative estimate of drug-likeness (QED) is 0.594. The van der Waals surface area contributed by atoms with Gasteiger partial charge in [0.2, 0.25) is 0 Å². The fourth-order valence-electron chi connectivity index (χ4n) is 3.76. The van der Waals surface area contributed by atoms with Gasteiger partial charge in [0, 0.05) is 29.8 Å². The molecule has 1 amide bonds. The Labute approximate surface area is 179 Å². The van der Waals surface area contributed by atoms with Crippen LogP contribution in [0.5, 0.6) is 11.5 Å². The Morgan fingerprint density at radius 3 is 2.70 bits per heavy atom. The van der Waals surface area contributed by atoms with Gasteiger partial charge in [-0.1, -0.05) is 29.8 Å². The number of aromatic amines is 1. The minimum atomic E-state index is -0.396. The third-order valence-corrected chi connectivity index (χ3v) is 5.37. The molecule has 1 atom stereocenters. The van der Waals surface area contributed by atoms with Gasteiger partial charge in [-0.2, -0.15) is 5.10 Å². The van der Waals surface area contributed by atoms with Crippen molar-refractivity contribution in [2.75, 3.05) is 26.9 Å². The predicted octanol–water partition coefficient (Wildman–Crippen LogP) is 4.03. The number of phenolic OH excluding ortho intramolecular Hbond substituents is 1. The van der Waals surface area contributed by atoms with Gasteiger partial charge in [-0.05, 0) is 36.8 Å². The first-order valence-corrected chi connectivity index (χ1v) is 10.0. The van der Waals surface area contributed by atoms with Gasteiger partial charge in [0.05, 0.1) is 24.9 Å². The molecular weight excluding hydrogens is 406 g/mol. The Kier molecular flexibility index (Phi) is 5.65. The van der Waals surface area contributed by atoms with Crippen LogP contribution in [0.25, 0.3) is 11.3 Å². The van der Waals surface area contributed by atoms with Crippen molar-refractivity contribution in [3.8, 4) is 22.8 Å². The van der Waals surface area contributed by atoms with E-state index in [-0.39, 0.29) is 11.7 Å².